The van der Waals surface area contributed by atoms with Gasteiger partial charge in [0.05, 0.1) is 18.1 Å². The van der Waals surface area contributed by atoms with E-state index in [0.29, 0.717) is 12.2 Å². The minimum Gasteiger partial charge on any atom is -0.478 e. The van der Waals surface area contributed by atoms with Crippen molar-refractivity contribution in [2.75, 3.05) is 39.8 Å². The predicted molar refractivity (Wildman–Crippen MR) is 116 cm³/mol. The molecule has 1 aromatic carbocycles. The number of likely N-dealkylation sites (N-methyl/N-ethyl adjacent to an activating group) is 1. The number of nitrogens with zero attached hydrogens (tertiary/aromatic N) is 5. The van der Waals surface area contributed by atoms with E-state index < -0.39 is 11.9 Å². The zero-order valence-corrected chi connectivity index (χ0v) is 17.5. The van der Waals surface area contributed by atoms with Gasteiger partial charge in [0.15, 0.2) is 0 Å². The van der Waals surface area contributed by atoms with Gasteiger partial charge < -0.3 is 20.0 Å². The van der Waals surface area contributed by atoms with E-state index in [-0.39, 0.29) is 0 Å². The smallest absolute Gasteiger partial charge is 0.328 e. The Morgan fingerprint density at radius 1 is 1.10 bits per heavy atom. The maximum absolute atomic E-state index is 9.55. The van der Waals surface area contributed by atoms with E-state index in [9.17, 15) is 9.59 Å². The summed E-state index contributed by atoms with van der Waals surface area (Å²) in [6.45, 7) is 5.91. The van der Waals surface area contributed by atoms with Crippen LogP contribution in [0.25, 0.3) is 11.3 Å². The monoisotopic (exact) mass is 425 g/mol. The Morgan fingerprint density at radius 3 is 2.42 bits per heavy atom. The highest BCUT2D eigenvalue weighted by Crippen LogP contribution is 2.33. The minimum absolute atomic E-state index is 0.558. The molecule has 31 heavy (non-hydrogen) atoms. The topological polar surface area (TPSA) is 112 Å². The molecule has 1 aliphatic heterocycles. The molecule has 0 spiro atoms. The van der Waals surface area contributed by atoms with Crippen molar-refractivity contribution in [2.24, 2.45) is 0 Å². The number of fused-ring (bicyclic) bond motifs is 1. The quantitative estimate of drug-likeness (QED) is 0.671. The van der Waals surface area contributed by atoms with Gasteiger partial charge in [-0.25, -0.2) is 14.3 Å². The number of rotatable bonds is 6. The number of hydrogen-bond acceptors (Lipinski definition) is 6. The van der Waals surface area contributed by atoms with Gasteiger partial charge in [-0.15, -0.1) is 5.10 Å². The number of allylic oxidation sites excluding steroid dienone is 1. The lowest BCUT2D eigenvalue weighted by atomic mass is 10.0. The molecule has 1 aromatic heterocycles. The molecule has 2 heterocycles. The molecule has 9 heteroatoms. The van der Waals surface area contributed by atoms with Crippen LogP contribution in [-0.4, -0.2) is 86.7 Å². The average molecular weight is 425 g/mol. The van der Waals surface area contributed by atoms with Crippen LogP contribution in [0.5, 0.6) is 0 Å². The third kappa shape index (κ3) is 6.34. The van der Waals surface area contributed by atoms with Gasteiger partial charge in [-0.1, -0.05) is 23.4 Å². The molecule has 1 saturated heterocycles. The van der Waals surface area contributed by atoms with Crippen LogP contribution in [0.1, 0.15) is 17.5 Å². The van der Waals surface area contributed by atoms with Gasteiger partial charge in [-0.2, -0.15) is 0 Å². The SMILES string of the molecule is CN1CCN(CCC2=CCc3c2cccc3-n2ccnn2)CC1.O=C(O)/C=C\C(=O)O. The fourth-order valence-electron chi connectivity index (χ4n) is 3.71. The van der Waals surface area contributed by atoms with Gasteiger partial charge in [0.25, 0.3) is 0 Å². The van der Waals surface area contributed by atoms with Gasteiger partial charge >= 0.3 is 11.9 Å². The van der Waals surface area contributed by atoms with Gasteiger partial charge in [0.2, 0.25) is 0 Å². The summed E-state index contributed by atoms with van der Waals surface area (Å²) in [6.07, 6.45) is 9.29. The summed E-state index contributed by atoms with van der Waals surface area (Å²) in [4.78, 5) is 24.1. The van der Waals surface area contributed by atoms with Gasteiger partial charge in [0, 0.05) is 44.9 Å². The van der Waals surface area contributed by atoms with Crippen molar-refractivity contribution in [1.29, 1.82) is 0 Å². The third-order valence-electron chi connectivity index (χ3n) is 5.38. The molecule has 2 aromatic rings. The Morgan fingerprint density at radius 2 is 1.81 bits per heavy atom. The maximum Gasteiger partial charge on any atom is 0.328 e. The Balaban J connectivity index is 0.000000293. The lowest BCUT2D eigenvalue weighted by Gasteiger charge is -2.32. The molecular formula is C22H27N5O4. The van der Waals surface area contributed by atoms with E-state index in [1.807, 2.05) is 10.9 Å². The summed E-state index contributed by atoms with van der Waals surface area (Å²) in [6, 6.07) is 6.51. The predicted octanol–water partition coefficient (Wildman–Crippen LogP) is 1.56. The van der Waals surface area contributed by atoms with Crippen LogP contribution < -0.4 is 0 Å². The largest absolute Gasteiger partial charge is 0.478 e. The molecule has 0 amide bonds. The zero-order valence-electron chi connectivity index (χ0n) is 17.5. The molecule has 164 valence electrons. The summed E-state index contributed by atoms with van der Waals surface area (Å²) in [7, 11) is 2.21. The van der Waals surface area contributed by atoms with Gasteiger partial charge in [0.1, 0.15) is 0 Å². The highest BCUT2D eigenvalue weighted by molar-refractivity contribution is 5.89. The van der Waals surface area contributed by atoms with Crippen molar-refractivity contribution in [1.82, 2.24) is 24.8 Å². The van der Waals surface area contributed by atoms with E-state index in [0.717, 1.165) is 25.1 Å². The highest BCUT2D eigenvalue weighted by atomic mass is 16.4. The van der Waals surface area contributed by atoms with Crippen LogP contribution in [0, 0.1) is 0 Å². The molecule has 0 bridgehead atoms. The number of aliphatic carboxylic acids is 2. The first-order chi connectivity index (χ1) is 14.9. The van der Waals surface area contributed by atoms with E-state index in [1.54, 1.807) is 6.20 Å². The van der Waals surface area contributed by atoms with Gasteiger partial charge in [-0.3, -0.25) is 0 Å². The number of hydrogen-bond donors (Lipinski definition) is 2. The molecule has 4 rings (SSSR count). The highest BCUT2D eigenvalue weighted by Gasteiger charge is 2.20. The van der Waals surface area contributed by atoms with E-state index in [4.69, 9.17) is 10.2 Å². The Labute approximate surface area is 180 Å². The van der Waals surface area contributed by atoms with Crippen molar-refractivity contribution in [3.63, 3.8) is 0 Å². The summed E-state index contributed by atoms with van der Waals surface area (Å²) < 4.78 is 1.87. The number of carboxylic acid groups (broad SMARTS) is 2. The maximum atomic E-state index is 9.55. The molecule has 0 radical (unpaired) electrons. The second kappa shape index (κ2) is 10.6. The first-order valence-corrected chi connectivity index (χ1v) is 10.2. The lowest BCUT2D eigenvalue weighted by molar-refractivity contribution is -0.134. The van der Waals surface area contributed by atoms with Crippen LogP contribution in [0.2, 0.25) is 0 Å². The van der Waals surface area contributed by atoms with Crippen LogP contribution >= 0.6 is 0 Å². The zero-order chi connectivity index (χ0) is 22.2. The van der Waals surface area contributed by atoms with Crippen LogP contribution in [0.15, 0.2) is 48.8 Å². The average Bonchev–Trinajstić information content (AvgIpc) is 3.42. The van der Waals surface area contributed by atoms with Crippen molar-refractivity contribution in [2.45, 2.75) is 12.8 Å². The van der Waals surface area contributed by atoms with Gasteiger partial charge in [-0.05, 0) is 42.7 Å². The van der Waals surface area contributed by atoms with E-state index >= 15 is 0 Å². The van der Waals surface area contributed by atoms with Crippen molar-refractivity contribution >= 4 is 17.5 Å². The Hall–Kier alpha value is -3.30. The fourth-order valence-corrected chi connectivity index (χ4v) is 3.71. The number of piperazine rings is 1. The molecule has 0 unspecified atom stereocenters. The number of aromatic nitrogens is 3. The molecule has 2 N–H and O–H groups in total. The molecule has 1 fully saturated rings. The lowest BCUT2D eigenvalue weighted by Crippen LogP contribution is -2.44. The fraction of sp³-hybridized carbons (Fsp3) is 0.364. The number of benzene rings is 1. The molecule has 0 saturated carbocycles. The first kappa shape index (κ1) is 22.4. The Bertz CT molecular complexity index is 944. The molecule has 1 aliphatic carbocycles. The number of carbonyl (C=O) groups is 2. The minimum atomic E-state index is -1.26. The van der Waals surface area contributed by atoms with E-state index in [1.165, 1.54) is 42.9 Å². The summed E-state index contributed by atoms with van der Waals surface area (Å²) in [5.74, 6) is -2.51. The Kier molecular flexibility index (Phi) is 7.69. The normalized spacial score (nSPS) is 16.5. The van der Waals surface area contributed by atoms with Crippen molar-refractivity contribution in [3.8, 4) is 5.69 Å². The van der Waals surface area contributed by atoms with Crippen molar-refractivity contribution in [3.05, 3.63) is 59.9 Å². The molecule has 2 aliphatic rings. The second-order valence-corrected chi connectivity index (χ2v) is 7.49. The first-order valence-electron chi connectivity index (χ1n) is 10.2. The standard InChI is InChI=1S/C18H23N5.C4H4O4/c1-21-11-13-22(14-12-21)9-7-15-5-6-17-16(15)3-2-4-18(17)23-10-8-19-20-23;5-3(6)1-2-4(7)8/h2-5,8,10H,6-7,9,11-14H2,1H3;1-2H,(H,5,6)(H,7,8)/b;2-1-. The van der Waals surface area contributed by atoms with Crippen LogP contribution in [-0.2, 0) is 16.0 Å². The second-order valence-electron chi connectivity index (χ2n) is 7.49. The number of carboxylic acids is 2. The van der Waals surface area contributed by atoms with Crippen LogP contribution in [0.3, 0.4) is 0 Å². The summed E-state index contributed by atoms with van der Waals surface area (Å²) in [5, 5.41) is 23.7. The summed E-state index contributed by atoms with van der Waals surface area (Å²) >= 11 is 0. The molecular weight excluding hydrogens is 398 g/mol. The van der Waals surface area contributed by atoms with Crippen LogP contribution in [0.4, 0.5) is 0 Å². The van der Waals surface area contributed by atoms with Crippen molar-refractivity contribution < 1.29 is 19.8 Å². The molecule has 9 nitrogen and oxygen atoms in total. The summed E-state index contributed by atoms with van der Waals surface area (Å²) in [5.41, 5.74) is 5.42. The third-order valence-corrected chi connectivity index (χ3v) is 5.38. The van der Waals surface area contributed by atoms with E-state index in [2.05, 4.69) is 51.4 Å². The molecule has 0 atom stereocenters.